The summed E-state index contributed by atoms with van der Waals surface area (Å²) in [5.74, 6) is 0.638. The van der Waals surface area contributed by atoms with Gasteiger partial charge in [-0.2, -0.15) is 26.3 Å². The van der Waals surface area contributed by atoms with E-state index in [1.54, 1.807) is 7.11 Å². The van der Waals surface area contributed by atoms with E-state index in [2.05, 4.69) is 35.8 Å². The first-order valence-electron chi connectivity index (χ1n) is 12.8. The predicted octanol–water partition coefficient (Wildman–Crippen LogP) is 7.85. The molecule has 39 heavy (non-hydrogen) atoms. The zero-order valence-corrected chi connectivity index (χ0v) is 22.2. The van der Waals surface area contributed by atoms with Gasteiger partial charge in [-0.05, 0) is 73.7 Å². The molecular formula is C30H32F6N2O. The Balaban J connectivity index is 1.60. The highest BCUT2D eigenvalue weighted by atomic mass is 19.4. The fraction of sp³-hybridized carbons (Fsp3) is 0.400. The fourth-order valence-electron chi connectivity index (χ4n) is 5.30. The number of hydrogen-bond donors (Lipinski definition) is 0. The van der Waals surface area contributed by atoms with E-state index < -0.39 is 23.5 Å². The van der Waals surface area contributed by atoms with Crippen molar-refractivity contribution in [3.63, 3.8) is 0 Å². The van der Waals surface area contributed by atoms with Crippen molar-refractivity contribution >= 4 is 5.69 Å². The summed E-state index contributed by atoms with van der Waals surface area (Å²) in [7, 11) is 1.55. The molecule has 1 unspecified atom stereocenters. The molecule has 1 aliphatic heterocycles. The molecule has 3 nitrogen and oxygen atoms in total. The fourth-order valence-corrected chi connectivity index (χ4v) is 5.30. The Bertz CT molecular complexity index is 1250. The minimum Gasteiger partial charge on any atom is -0.496 e. The molecule has 0 N–H and O–H groups in total. The van der Waals surface area contributed by atoms with Crippen LogP contribution in [-0.4, -0.2) is 38.2 Å². The monoisotopic (exact) mass is 550 g/mol. The lowest BCUT2D eigenvalue weighted by Gasteiger charge is -2.41. The van der Waals surface area contributed by atoms with Crippen LogP contribution in [0, 0.1) is 13.8 Å². The second kappa shape index (κ2) is 11.5. The number of para-hydroxylation sites is 1. The molecule has 1 fully saturated rings. The average molecular weight is 551 g/mol. The number of nitrogens with zero attached hydrogens (tertiary/aromatic N) is 2. The maximum absolute atomic E-state index is 13.4. The molecule has 3 aromatic rings. The Morgan fingerprint density at radius 2 is 1.41 bits per heavy atom. The first kappa shape index (κ1) is 28.8. The standard InChI is InChI=1S/C30H32F6N2O/c1-20-7-6-9-26(21(20)2)37-13-15-38(16-14-37)27(25-8-4-5-10-28(25)39-3)12-11-22-17-23(29(31,32)33)19-24(18-22)30(34,35)36/h4-10,17-19,27H,11-16H2,1-3H3. The smallest absolute Gasteiger partial charge is 0.416 e. The number of aryl methyl sites for hydroxylation is 2. The van der Waals surface area contributed by atoms with Gasteiger partial charge >= 0.3 is 12.4 Å². The summed E-state index contributed by atoms with van der Waals surface area (Å²) in [4.78, 5) is 4.57. The van der Waals surface area contributed by atoms with Crippen molar-refractivity contribution in [2.24, 2.45) is 0 Å². The molecule has 0 amide bonds. The van der Waals surface area contributed by atoms with E-state index in [1.807, 2.05) is 30.3 Å². The van der Waals surface area contributed by atoms with Gasteiger partial charge in [0.05, 0.1) is 18.2 Å². The minimum atomic E-state index is -4.87. The Kier molecular flexibility index (Phi) is 8.49. The molecule has 0 aliphatic carbocycles. The normalized spacial score (nSPS) is 15.9. The van der Waals surface area contributed by atoms with Crippen LogP contribution in [-0.2, 0) is 18.8 Å². The number of hydrogen-bond acceptors (Lipinski definition) is 3. The van der Waals surface area contributed by atoms with Crippen LogP contribution in [0.2, 0.25) is 0 Å². The van der Waals surface area contributed by atoms with Gasteiger partial charge in [-0.25, -0.2) is 0 Å². The lowest BCUT2D eigenvalue weighted by molar-refractivity contribution is -0.143. The van der Waals surface area contributed by atoms with Gasteiger partial charge in [0.1, 0.15) is 5.75 Å². The van der Waals surface area contributed by atoms with Crippen LogP contribution >= 0.6 is 0 Å². The van der Waals surface area contributed by atoms with Crippen molar-refractivity contribution in [2.45, 2.75) is 45.1 Å². The van der Waals surface area contributed by atoms with Crippen molar-refractivity contribution < 1.29 is 31.1 Å². The van der Waals surface area contributed by atoms with E-state index in [9.17, 15) is 26.3 Å². The van der Waals surface area contributed by atoms with E-state index in [1.165, 1.54) is 16.8 Å². The number of methoxy groups -OCH3 is 1. The van der Waals surface area contributed by atoms with Crippen LogP contribution in [0.4, 0.5) is 32.0 Å². The molecule has 210 valence electrons. The SMILES string of the molecule is COc1ccccc1C(CCc1cc(C(F)(F)F)cc(C(F)(F)F)c1)N1CCN(c2cccc(C)c2C)CC1. The first-order valence-corrected chi connectivity index (χ1v) is 12.8. The summed E-state index contributed by atoms with van der Waals surface area (Å²) >= 11 is 0. The average Bonchev–Trinajstić information content (AvgIpc) is 2.90. The number of benzene rings is 3. The van der Waals surface area contributed by atoms with Crippen LogP contribution in [0.15, 0.2) is 60.7 Å². The lowest BCUT2D eigenvalue weighted by atomic mass is 9.94. The summed E-state index contributed by atoms with van der Waals surface area (Å²) in [6, 6.07) is 15.2. The highest BCUT2D eigenvalue weighted by Crippen LogP contribution is 2.38. The number of rotatable bonds is 7. The van der Waals surface area contributed by atoms with E-state index in [-0.39, 0.29) is 24.1 Å². The van der Waals surface area contributed by atoms with Crippen LogP contribution in [0.5, 0.6) is 5.75 Å². The zero-order chi connectivity index (χ0) is 28.4. The summed E-state index contributed by atoms with van der Waals surface area (Å²) in [5, 5.41) is 0. The van der Waals surface area contributed by atoms with E-state index >= 15 is 0 Å². The number of anilines is 1. The van der Waals surface area contributed by atoms with Crippen LogP contribution in [0.3, 0.4) is 0 Å². The van der Waals surface area contributed by atoms with Crippen LogP contribution in [0.25, 0.3) is 0 Å². The number of ether oxygens (including phenoxy) is 1. The largest absolute Gasteiger partial charge is 0.496 e. The second-order valence-electron chi connectivity index (χ2n) is 9.95. The molecule has 1 atom stereocenters. The predicted molar refractivity (Wildman–Crippen MR) is 140 cm³/mol. The first-order chi connectivity index (χ1) is 18.4. The number of piperazine rings is 1. The van der Waals surface area contributed by atoms with Gasteiger partial charge in [-0.3, -0.25) is 4.90 Å². The van der Waals surface area contributed by atoms with E-state index in [4.69, 9.17) is 4.74 Å². The molecule has 0 radical (unpaired) electrons. The van der Waals surface area contributed by atoms with Gasteiger partial charge in [0.25, 0.3) is 0 Å². The highest BCUT2D eigenvalue weighted by molar-refractivity contribution is 5.56. The van der Waals surface area contributed by atoms with Crippen molar-refractivity contribution in [1.82, 2.24) is 4.90 Å². The highest BCUT2D eigenvalue weighted by Gasteiger charge is 2.37. The third kappa shape index (κ3) is 6.69. The molecule has 0 aromatic heterocycles. The van der Waals surface area contributed by atoms with Gasteiger partial charge < -0.3 is 9.64 Å². The maximum atomic E-state index is 13.4. The van der Waals surface area contributed by atoms with Gasteiger partial charge in [0, 0.05) is 43.5 Å². The van der Waals surface area contributed by atoms with Crippen molar-refractivity contribution in [2.75, 3.05) is 38.2 Å². The third-order valence-corrected chi connectivity index (χ3v) is 7.52. The van der Waals surface area contributed by atoms with Crippen LogP contribution < -0.4 is 9.64 Å². The number of alkyl halides is 6. The van der Waals surface area contributed by atoms with Crippen molar-refractivity contribution in [3.05, 3.63) is 94.0 Å². The van der Waals surface area contributed by atoms with Crippen molar-refractivity contribution in [3.8, 4) is 5.75 Å². The van der Waals surface area contributed by atoms with Crippen molar-refractivity contribution in [1.29, 1.82) is 0 Å². The molecule has 3 aromatic carbocycles. The third-order valence-electron chi connectivity index (χ3n) is 7.52. The zero-order valence-electron chi connectivity index (χ0n) is 22.2. The summed E-state index contributed by atoms with van der Waals surface area (Å²) in [6.07, 6.45) is -9.36. The second-order valence-corrected chi connectivity index (χ2v) is 9.95. The topological polar surface area (TPSA) is 15.7 Å². The maximum Gasteiger partial charge on any atom is 0.416 e. The van der Waals surface area contributed by atoms with E-state index in [0.29, 0.717) is 25.3 Å². The molecule has 1 heterocycles. The quantitative estimate of drug-likeness (QED) is 0.279. The summed E-state index contributed by atoms with van der Waals surface area (Å²) in [5.41, 5.74) is 1.89. The Labute approximate surface area is 225 Å². The van der Waals surface area contributed by atoms with E-state index in [0.717, 1.165) is 30.8 Å². The molecule has 0 saturated carbocycles. The molecule has 0 spiro atoms. The minimum absolute atomic E-state index is 0.00562. The number of halogens is 6. The molecule has 0 bridgehead atoms. The molecule has 1 aliphatic rings. The van der Waals surface area contributed by atoms with Gasteiger partial charge in [-0.15, -0.1) is 0 Å². The summed E-state index contributed by atoms with van der Waals surface area (Å²) < 4.78 is 86.1. The molecule has 4 rings (SSSR count). The van der Waals surface area contributed by atoms with Gasteiger partial charge in [-0.1, -0.05) is 30.3 Å². The Morgan fingerprint density at radius 3 is 2.00 bits per heavy atom. The Morgan fingerprint density at radius 1 is 0.795 bits per heavy atom. The van der Waals surface area contributed by atoms with Gasteiger partial charge in [0.15, 0.2) is 0 Å². The van der Waals surface area contributed by atoms with Gasteiger partial charge in [0.2, 0.25) is 0 Å². The molecule has 1 saturated heterocycles. The lowest BCUT2D eigenvalue weighted by Crippen LogP contribution is -2.48. The molecular weight excluding hydrogens is 518 g/mol. The molecule has 9 heteroatoms. The van der Waals surface area contributed by atoms with Crippen LogP contribution in [0.1, 0.15) is 45.8 Å². The Hall–Kier alpha value is -3.20. The summed E-state index contributed by atoms with van der Waals surface area (Å²) in [6.45, 7) is 7.04.